The van der Waals surface area contributed by atoms with Gasteiger partial charge in [-0.15, -0.1) is 0 Å². The molecule has 0 saturated heterocycles. The lowest BCUT2D eigenvalue weighted by atomic mass is 10.1. The quantitative estimate of drug-likeness (QED) is 0.699. The van der Waals surface area contributed by atoms with Gasteiger partial charge in [0.15, 0.2) is 0 Å². The molecule has 0 saturated carbocycles. The monoisotopic (exact) mass is 242 g/mol. The Morgan fingerprint density at radius 3 is 2.33 bits per heavy atom. The summed E-state index contributed by atoms with van der Waals surface area (Å²) in [5.74, 6) is 0. The molecule has 0 bridgehead atoms. The summed E-state index contributed by atoms with van der Waals surface area (Å²) in [7, 11) is 4.70. The molecule has 0 aliphatic heterocycles. The predicted octanol–water partition coefficient (Wildman–Crippen LogP) is 4.26. The van der Waals surface area contributed by atoms with Crippen LogP contribution in [0.4, 0.5) is 0 Å². The Morgan fingerprint density at radius 2 is 1.73 bits per heavy atom. The van der Waals surface area contributed by atoms with Crippen molar-refractivity contribution >= 4 is 25.1 Å². The standard InChI is InChI=1S/C13H19ClS/c1-10-9-11-7-5-6-8-12(11)13(10)15(2,3,4)14/h5-9,13,15H,1-4H3. The summed E-state index contributed by atoms with van der Waals surface area (Å²) in [5.41, 5.74) is 4.17. The Balaban J connectivity index is 2.59. The van der Waals surface area contributed by atoms with Crippen LogP contribution < -0.4 is 0 Å². The van der Waals surface area contributed by atoms with Crippen LogP contribution in [0, 0.1) is 0 Å². The number of hydrogen-bond donors (Lipinski definition) is 1. The number of fused-ring (bicyclic) bond motifs is 1. The Hall–Kier alpha value is -0.400. The Bertz CT molecular complexity index is 428. The van der Waals surface area contributed by atoms with Crippen LogP contribution in [-0.4, -0.2) is 18.8 Å². The second kappa shape index (κ2) is 3.05. The minimum atomic E-state index is -2.10. The van der Waals surface area contributed by atoms with Gasteiger partial charge in [0.1, 0.15) is 0 Å². The van der Waals surface area contributed by atoms with Gasteiger partial charge in [0.2, 0.25) is 0 Å². The van der Waals surface area contributed by atoms with Crippen LogP contribution in [0.1, 0.15) is 23.3 Å². The van der Waals surface area contributed by atoms with E-state index in [-0.39, 0.29) is 0 Å². The first-order valence-corrected chi connectivity index (χ1v) is 9.80. The average molecular weight is 243 g/mol. The van der Waals surface area contributed by atoms with E-state index >= 15 is 0 Å². The first-order valence-electron chi connectivity index (χ1n) is 5.25. The van der Waals surface area contributed by atoms with Gasteiger partial charge >= 0.3 is 0 Å². The van der Waals surface area contributed by atoms with E-state index in [4.69, 9.17) is 10.7 Å². The van der Waals surface area contributed by atoms with Crippen LogP contribution in [0.15, 0.2) is 29.8 Å². The molecule has 0 heterocycles. The van der Waals surface area contributed by atoms with Crippen molar-refractivity contribution in [3.05, 3.63) is 41.0 Å². The van der Waals surface area contributed by atoms with E-state index in [1.165, 1.54) is 16.7 Å². The lowest BCUT2D eigenvalue weighted by Gasteiger charge is -2.51. The van der Waals surface area contributed by atoms with Crippen LogP contribution in [0.2, 0.25) is 0 Å². The van der Waals surface area contributed by atoms with E-state index in [1.807, 2.05) is 0 Å². The molecule has 0 radical (unpaired) electrons. The van der Waals surface area contributed by atoms with Gasteiger partial charge in [0.05, 0.1) is 0 Å². The fourth-order valence-electron chi connectivity index (χ4n) is 2.62. The highest BCUT2D eigenvalue weighted by Crippen LogP contribution is 2.78. The van der Waals surface area contributed by atoms with E-state index in [0.717, 1.165) is 0 Å². The predicted molar refractivity (Wildman–Crippen MR) is 75.4 cm³/mol. The van der Waals surface area contributed by atoms with E-state index in [2.05, 4.69) is 56.0 Å². The normalized spacial score (nSPS) is 22.9. The van der Waals surface area contributed by atoms with Crippen molar-refractivity contribution in [2.24, 2.45) is 0 Å². The van der Waals surface area contributed by atoms with Gasteiger partial charge in [-0.25, -0.2) is 8.37 Å². The maximum atomic E-state index is 6.81. The van der Waals surface area contributed by atoms with Crippen LogP contribution in [0.5, 0.6) is 0 Å². The molecular formula is C13H19ClS. The molecule has 1 aromatic carbocycles. The molecule has 2 rings (SSSR count). The second-order valence-corrected chi connectivity index (χ2v) is 15.2. The van der Waals surface area contributed by atoms with Gasteiger partial charge in [-0.3, -0.25) is 0 Å². The van der Waals surface area contributed by atoms with E-state index in [0.29, 0.717) is 5.25 Å². The molecule has 1 unspecified atom stereocenters. The van der Waals surface area contributed by atoms with Crippen molar-refractivity contribution in [3.8, 4) is 0 Å². The maximum Gasteiger partial charge on any atom is 0.0327 e. The number of benzene rings is 1. The van der Waals surface area contributed by atoms with E-state index in [9.17, 15) is 0 Å². The third-order valence-electron chi connectivity index (χ3n) is 2.98. The third-order valence-corrected chi connectivity index (χ3v) is 5.99. The SMILES string of the molecule is CC1=Cc2ccccc2C1[SH](C)(C)(C)Cl. The summed E-state index contributed by atoms with van der Waals surface area (Å²) >= 11 is 0. The van der Waals surface area contributed by atoms with Crippen molar-refractivity contribution in [3.63, 3.8) is 0 Å². The van der Waals surface area contributed by atoms with Crippen molar-refractivity contribution < 1.29 is 0 Å². The number of halogens is 1. The van der Waals surface area contributed by atoms with E-state index < -0.39 is 8.37 Å². The lowest BCUT2D eigenvalue weighted by molar-refractivity contribution is 1.14. The molecule has 15 heavy (non-hydrogen) atoms. The maximum absolute atomic E-state index is 6.81. The molecule has 1 atom stereocenters. The molecule has 1 aromatic rings. The van der Waals surface area contributed by atoms with Crippen molar-refractivity contribution in [1.82, 2.24) is 0 Å². The van der Waals surface area contributed by atoms with Crippen LogP contribution >= 0.6 is 19.1 Å². The van der Waals surface area contributed by atoms with E-state index in [1.54, 1.807) is 0 Å². The van der Waals surface area contributed by atoms with Crippen molar-refractivity contribution in [2.45, 2.75) is 12.2 Å². The second-order valence-electron chi connectivity index (χ2n) is 5.64. The summed E-state index contributed by atoms with van der Waals surface area (Å²) in [4.78, 5) is 0. The highest BCUT2D eigenvalue weighted by molar-refractivity contribution is 8.64. The summed E-state index contributed by atoms with van der Waals surface area (Å²) in [6, 6.07) is 8.59. The van der Waals surface area contributed by atoms with Gasteiger partial charge in [-0.05, 0) is 36.8 Å². The molecule has 0 aromatic heterocycles. The molecule has 0 nitrogen and oxygen atoms in total. The topological polar surface area (TPSA) is 0 Å². The molecule has 0 N–H and O–H groups in total. The molecule has 0 spiro atoms. The van der Waals surface area contributed by atoms with Crippen molar-refractivity contribution in [1.29, 1.82) is 0 Å². The summed E-state index contributed by atoms with van der Waals surface area (Å²) in [6.45, 7) is 2.20. The smallest absolute Gasteiger partial charge is 0.0327 e. The first kappa shape index (κ1) is 11.1. The largest absolute Gasteiger partial charge is 0.221 e. The summed E-state index contributed by atoms with van der Waals surface area (Å²) in [5, 5.41) is 0.439. The summed E-state index contributed by atoms with van der Waals surface area (Å²) < 4.78 is 0. The highest BCUT2D eigenvalue weighted by Gasteiger charge is 2.38. The molecule has 0 fully saturated rings. The molecule has 84 valence electrons. The van der Waals surface area contributed by atoms with Crippen LogP contribution in [0.25, 0.3) is 6.08 Å². The van der Waals surface area contributed by atoms with Gasteiger partial charge in [0.25, 0.3) is 0 Å². The van der Waals surface area contributed by atoms with Crippen molar-refractivity contribution in [2.75, 3.05) is 18.8 Å². The van der Waals surface area contributed by atoms with Crippen LogP contribution in [0.3, 0.4) is 0 Å². The number of hydrogen-bond acceptors (Lipinski definition) is 0. The molecular weight excluding hydrogens is 224 g/mol. The Labute approximate surface area is 97.1 Å². The zero-order valence-electron chi connectivity index (χ0n) is 9.79. The van der Waals surface area contributed by atoms with Gasteiger partial charge in [0, 0.05) is 5.25 Å². The fourth-order valence-corrected chi connectivity index (χ4v) is 6.02. The molecule has 0 amide bonds. The minimum absolute atomic E-state index is 0.439. The Kier molecular flexibility index (Phi) is 2.26. The summed E-state index contributed by atoms with van der Waals surface area (Å²) in [6.07, 6.45) is 8.98. The van der Waals surface area contributed by atoms with Gasteiger partial charge in [-0.1, -0.05) is 46.6 Å². The molecule has 1 aliphatic carbocycles. The first-order chi connectivity index (χ1) is 6.76. The average Bonchev–Trinajstić information content (AvgIpc) is 2.37. The lowest BCUT2D eigenvalue weighted by Crippen LogP contribution is -2.15. The number of thiol groups is 1. The fraction of sp³-hybridized carbons (Fsp3) is 0.385. The Morgan fingerprint density at radius 1 is 1.13 bits per heavy atom. The highest BCUT2D eigenvalue weighted by atomic mass is 35.7. The minimum Gasteiger partial charge on any atom is -0.221 e. The molecule has 2 heteroatoms. The zero-order chi connectivity index (χ0) is 11.3. The van der Waals surface area contributed by atoms with Gasteiger partial charge < -0.3 is 0 Å². The molecule has 1 aliphatic rings. The van der Waals surface area contributed by atoms with Gasteiger partial charge in [-0.2, -0.15) is 0 Å². The number of rotatable bonds is 1. The third kappa shape index (κ3) is 1.95. The zero-order valence-corrected chi connectivity index (χ0v) is 11.4. The van der Waals surface area contributed by atoms with Crippen LogP contribution in [-0.2, 0) is 0 Å².